The molecule has 5 rings (SSSR count). The first kappa shape index (κ1) is 16.7. The Kier molecular flexibility index (Phi) is 3.93. The fraction of sp³-hybridized carbons (Fsp3) is 0.550. The van der Waals surface area contributed by atoms with E-state index in [0.29, 0.717) is 12.1 Å². The summed E-state index contributed by atoms with van der Waals surface area (Å²) in [5.41, 5.74) is 3.44. The van der Waals surface area contributed by atoms with E-state index in [1.807, 2.05) is 6.20 Å². The fourth-order valence-corrected chi connectivity index (χ4v) is 4.59. The van der Waals surface area contributed by atoms with E-state index < -0.39 is 0 Å². The highest BCUT2D eigenvalue weighted by atomic mass is 15.5. The van der Waals surface area contributed by atoms with Gasteiger partial charge in [-0.05, 0) is 45.7 Å². The SMILES string of the molecule is CCn1nc2cn[nH]c3ccc4c(c1c2=3)CN(C1CCN(C(C)C)CC1)N=4. The molecule has 27 heavy (non-hydrogen) atoms. The highest BCUT2D eigenvalue weighted by molar-refractivity contribution is 5.66. The van der Waals surface area contributed by atoms with Gasteiger partial charge in [0.1, 0.15) is 5.52 Å². The molecule has 0 unspecified atom stereocenters. The average molecular weight is 365 g/mol. The van der Waals surface area contributed by atoms with Crippen molar-refractivity contribution in [1.29, 1.82) is 0 Å². The minimum Gasteiger partial charge on any atom is -0.301 e. The second-order valence-electron chi connectivity index (χ2n) is 7.96. The van der Waals surface area contributed by atoms with Crippen LogP contribution in [-0.4, -0.2) is 55.1 Å². The zero-order valence-corrected chi connectivity index (χ0v) is 16.3. The molecule has 7 nitrogen and oxygen atoms in total. The summed E-state index contributed by atoms with van der Waals surface area (Å²) in [4.78, 5) is 2.57. The van der Waals surface area contributed by atoms with Gasteiger partial charge < -0.3 is 4.90 Å². The van der Waals surface area contributed by atoms with Crippen molar-refractivity contribution >= 4 is 11.0 Å². The lowest BCUT2D eigenvalue weighted by molar-refractivity contribution is 0.0928. The molecule has 0 spiro atoms. The average Bonchev–Trinajstić information content (AvgIpc) is 3.23. The number of fused-ring (bicyclic) bond motifs is 2. The number of nitrogens with one attached hydrogen (secondary N) is 1. The van der Waals surface area contributed by atoms with Crippen molar-refractivity contribution in [3.05, 3.63) is 39.8 Å². The van der Waals surface area contributed by atoms with E-state index in [9.17, 15) is 0 Å². The predicted octanol–water partition coefficient (Wildman–Crippen LogP) is 2.01. The molecule has 1 saturated heterocycles. The van der Waals surface area contributed by atoms with E-state index in [4.69, 9.17) is 10.2 Å². The van der Waals surface area contributed by atoms with Gasteiger partial charge in [0.2, 0.25) is 0 Å². The summed E-state index contributed by atoms with van der Waals surface area (Å²) in [5, 5.41) is 22.7. The van der Waals surface area contributed by atoms with Crippen molar-refractivity contribution in [1.82, 2.24) is 29.9 Å². The number of H-pyrrole nitrogens is 1. The largest absolute Gasteiger partial charge is 0.301 e. The fourth-order valence-electron chi connectivity index (χ4n) is 4.59. The van der Waals surface area contributed by atoms with Gasteiger partial charge >= 0.3 is 0 Å². The molecule has 0 saturated carbocycles. The Balaban J connectivity index is 1.56. The van der Waals surface area contributed by atoms with Crippen molar-refractivity contribution in [2.75, 3.05) is 13.1 Å². The van der Waals surface area contributed by atoms with E-state index in [0.717, 1.165) is 42.4 Å². The van der Waals surface area contributed by atoms with Crippen LogP contribution in [0.4, 0.5) is 0 Å². The Bertz CT molecular complexity index is 1100. The summed E-state index contributed by atoms with van der Waals surface area (Å²) >= 11 is 0. The number of aromatic amines is 1. The highest BCUT2D eigenvalue weighted by Gasteiger charge is 2.28. The summed E-state index contributed by atoms with van der Waals surface area (Å²) < 4.78 is 2.10. The smallest absolute Gasteiger partial charge is 0.115 e. The molecular formula is C20H27N7. The van der Waals surface area contributed by atoms with Crippen molar-refractivity contribution < 1.29 is 0 Å². The third-order valence-corrected chi connectivity index (χ3v) is 6.13. The number of aromatic nitrogens is 4. The molecule has 0 radical (unpaired) electrons. The summed E-state index contributed by atoms with van der Waals surface area (Å²) in [6.07, 6.45) is 4.19. The van der Waals surface area contributed by atoms with Crippen molar-refractivity contribution in [2.24, 2.45) is 5.10 Å². The summed E-state index contributed by atoms with van der Waals surface area (Å²) in [5.74, 6) is 0. The van der Waals surface area contributed by atoms with Crippen LogP contribution in [0.15, 0.2) is 23.4 Å². The quantitative estimate of drug-likeness (QED) is 0.771. The Hall–Kier alpha value is -2.41. The molecule has 1 N–H and O–H groups in total. The van der Waals surface area contributed by atoms with Gasteiger partial charge in [0, 0.05) is 37.3 Å². The van der Waals surface area contributed by atoms with Crippen LogP contribution in [0.1, 0.15) is 39.2 Å². The van der Waals surface area contributed by atoms with Crippen molar-refractivity contribution in [3.8, 4) is 0 Å². The van der Waals surface area contributed by atoms with Crippen LogP contribution >= 0.6 is 0 Å². The zero-order chi connectivity index (χ0) is 18.5. The van der Waals surface area contributed by atoms with Gasteiger partial charge in [0.15, 0.2) is 0 Å². The minimum absolute atomic E-state index is 0.525. The molecule has 0 bridgehead atoms. The highest BCUT2D eigenvalue weighted by Crippen LogP contribution is 2.25. The molecule has 142 valence electrons. The van der Waals surface area contributed by atoms with Crippen LogP contribution in [0.25, 0.3) is 11.0 Å². The predicted molar refractivity (Wildman–Crippen MR) is 104 cm³/mol. The summed E-state index contributed by atoms with van der Waals surface area (Å²) in [7, 11) is 0. The van der Waals surface area contributed by atoms with Crippen LogP contribution in [0.3, 0.4) is 0 Å². The van der Waals surface area contributed by atoms with E-state index in [2.05, 4.69) is 57.7 Å². The summed E-state index contributed by atoms with van der Waals surface area (Å²) in [6, 6.07) is 5.38. The lowest BCUT2D eigenvalue weighted by Crippen LogP contribution is -2.44. The maximum Gasteiger partial charge on any atom is 0.115 e. The van der Waals surface area contributed by atoms with Gasteiger partial charge in [0.05, 0.1) is 34.2 Å². The van der Waals surface area contributed by atoms with Crippen LogP contribution in [0.5, 0.6) is 0 Å². The Morgan fingerprint density at radius 2 is 2.04 bits per heavy atom. The van der Waals surface area contributed by atoms with Gasteiger partial charge in [0.25, 0.3) is 0 Å². The van der Waals surface area contributed by atoms with Gasteiger partial charge in [-0.2, -0.15) is 15.3 Å². The number of hydrogen-bond acceptors (Lipinski definition) is 5. The van der Waals surface area contributed by atoms with E-state index in [-0.39, 0.29) is 0 Å². The molecule has 3 aliphatic heterocycles. The van der Waals surface area contributed by atoms with E-state index in [1.165, 1.54) is 29.1 Å². The van der Waals surface area contributed by atoms with Crippen molar-refractivity contribution in [2.45, 2.75) is 58.8 Å². The van der Waals surface area contributed by atoms with Gasteiger partial charge in [-0.25, -0.2) is 0 Å². The van der Waals surface area contributed by atoms with Crippen LogP contribution in [0.2, 0.25) is 0 Å². The van der Waals surface area contributed by atoms with Gasteiger partial charge in [-0.3, -0.25) is 14.8 Å². The molecule has 0 aromatic carbocycles. The maximum atomic E-state index is 5.02. The molecule has 1 aliphatic carbocycles. The standard InChI is InChI=1S/C20H27N7/c1-4-26-20-15-12-27(14-7-9-25(10-8-14)13(2)3)23-16(15)5-6-17-19(20)18(24-26)11-21-22-17/h5-6,11,13-14,22H,4,7-10,12H2,1-3H3. The molecule has 1 aromatic heterocycles. The first-order valence-electron chi connectivity index (χ1n) is 10.1. The molecule has 1 aromatic rings. The third kappa shape index (κ3) is 2.64. The van der Waals surface area contributed by atoms with Crippen molar-refractivity contribution in [3.63, 3.8) is 0 Å². The molecule has 4 aliphatic rings. The molecule has 0 atom stereocenters. The second kappa shape index (κ2) is 6.34. The maximum absolute atomic E-state index is 5.02. The number of piperidine rings is 1. The number of aryl methyl sites for hydroxylation is 1. The zero-order valence-electron chi connectivity index (χ0n) is 16.3. The monoisotopic (exact) mass is 365 g/mol. The number of likely N-dealkylation sites (tertiary alicyclic amines) is 1. The van der Waals surface area contributed by atoms with Gasteiger partial charge in [-0.15, -0.1) is 0 Å². The minimum atomic E-state index is 0.525. The number of hydrogen-bond donors (Lipinski definition) is 1. The molecule has 4 heterocycles. The Morgan fingerprint density at radius 3 is 2.78 bits per heavy atom. The molecule has 0 amide bonds. The second-order valence-corrected chi connectivity index (χ2v) is 7.96. The third-order valence-electron chi connectivity index (χ3n) is 6.13. The topological polar surface area (TPSA) is 65.3 Å². The number of nitrogens with zero attached hydrogens (tertiary/aromatic N) is 6. The first-order chi connectivity index (χ1) is 13.2. The van der Waals surface area contributed by atoms with Gasteiger partial charge in [-0.1, -0.05) is 0 Å². The molecular weight excluding hydrogens is 338 g/mol. The lowest BCUT2D eigenvalue weighted by atomic mass is 10.0. The van der Waals surface area contributed by atoms with E-state index in [1.54, 1.807) is 0 Å². The Morgan fingerprint density at radius 1 is 1.22 bits per heavy atom. The normalized spacial score (nSPS) is 18.6. The molecule has 1 fully saturated rings. The Labute approximate surface area is 158 Å². The lowest BCUT2D eigenvalue weighted by Gasteiger charge is -2.37. The first-order valence-corrected chi connectivity index (χ1v) is 10.1. The van der Waals surface area contributed by atoms with Crippen LogP contribution in [0, 0.1) is 10.6 Å². The van der Waals surface area contributed by atoms with Crippen LogP contribution < -0.4 is 5.36 Å². The molecule has 7 heteroatoms. The number of rotatable bonds is 3. The van der Waals surface area contributed by atoms with Crippen LogP contribution in [-0.2, 0) is 13.1 Å². The summed E-state index contributed by atoms with van der Waals surface area (Å²) in [6.45, 7) is 10.8. The van der Waals surface area contributed by atoms with E-state index >= 15 is 0 Å².